The van der Waals surface area contributed by atoms with Crippen LogP contribution in [-0.4, -0.2) is 23.6 Å². The zero-order valence-corrected chi connectivity index (χ0v) is 10.6. The summed E-state index contributed by atoms with van der Waals surface area (Å²) in [6.45, 7) is 0.377. The lowest BCUT2D eigenvalue weighted by Crippen LogP contribution is -2.23. The predicted octanol–water partition coefficient (Wildman–Crippen LogP) is 0.890. The zero-order valence-electron chi connectivity index (χ0n) is 10.6. The van der Waals surface area contributed by atoms with Gasteiger partial charge in [0.25, 0.3) is 5.56 Å². The Morgan fingerprint density at radius 1 is 1.42 bits per heavy atom. The van der Waals surface area contributed by atoms with Gasteiger partial charge in [0.1, 0.15) is 0 Å². The molecule has 0 aliphatic rings. The van der Waals surface area contributed by atoms with Gasteiger partial charge in [-0.15, -0.1) is 0 Å². The minimum Gasteiger partial charge on any atom is -0.489 e. The second-order valence-electron chi connectivity index (χ2n) is 3.96. The van der Waals surface area contributed by atoms with Crippen molar-refractivity contribution in [2.75, 3.05) is 19.0 Å². The smallest absolute Gasteiger partial charge is 0.295 e. The molecule has 1 aromatic carbocycles. The third kappa shape index (κ3) is 2.92. The highest BCUT2D eigenvalue weighted by Crippen LogP contribution is 2.21. The molecule has 2 aromatic rings. The normalized spacial score (nSPS) is 11.9. The van der Waals surface area contributed by atoms with Crippen LogP contribution in [0.3, 0.4) is 0 Å². The average molecular weight is 260 g/mol. The van der Waals surface area contributed by atoms with Crippen molar-refractivity contribution in [3.05, 3.63) is 52.6 Å². The monoisotopic (exact) mass is 260 g/mol. The van der Waals surface area contributed by atoms with Crippen LogP contribution in [-0.2, 0) is 0 Å². The molecule has 19 heavy (non-hydrogen) atoms. The molecule has 0 amide bonds. The third-order valence-electron chi connectivity index (χ3n) is 2.76. The van der Waals surface area contributed by atoms with E-state index in [2.05, 4.69) is 15.3 Å². The van der Waals surface area contributed by atoms with E-state index < -0.39 is 0 Å². The molecule has 0 bridgehead atoms. The largest absolute Gasteiger partial charge is 0.489 e. The van der Waals surface area contributed by atoms with Crippen molar-refractivity contribution >= 4 is 5.82 Å². The number of ether oxygens (including phenoxy) is 1. The minimum absolute atomic E-state index is 0.135. The molecular formula is C13H16N4O2. The molecular weight excluding hydrogens is 244 g/mol. The fourth-order valence-corrected chi connectivity index (χ4v) is 1.81. The zero-order chi connectivity index (χ0) is 13.7. The van der Waals surface area contributed by atoms with Crippen LogP contribution < -0.4 is 21.3 Å². The number of aromatic nitrogens is 2. The molecule has 0 spiro atoms. The summed E-state index contributed by atoms with van der Waals surface area (Å²) < 4.78 is 5.05. The molecule has 2 rings (SSSR count). The van der Waals surface area contributed by atoms with Crippen LogP contribution >= 0.6 is 0 Å². The quantitative estimate of drug-likeness (QED) is 0.742. The summed E-state index contributed by atoms with van der Waals surface area (Å²) in [5.41, 5.74) is 6.46. The Morgan fingerprint density at radius 2 is 2.16 bits per heavy atom. The number of aromatic amines is 1. The van der Waals surface area contributed by atoms with Gasteiger partial charge in [0.2, 0.25) is 5.75 Å². The number of H-pyrrole nitrogens is 1. The van der Waals surface area contributed by atoms with Crippen molar-refractivity contribution in [2.45, 2.75) is 6.04 Å². The lowest BCUT2D eigenvalue weighted by atomic mass is 10.1. The first-order valence-corrected chi connectivity index (χ1v) is 5.89. The number of hydrogen-bond acceptors (Lipinski definition) is 5. The summed E-state index contributed by atoms with van der Waals surface area (Å²) in [6.07, 6.45) is 1.33. The topological polar surface area (TPSA) is 93.0 Å². The van der Waals surface area contributed by atoms with Crippen molar-refractivity contribution in [1.82, 2.24) is 9.97 Å². The van der Waals surface area contributed by atoms with Crippen LogP contribution in [0.1, 0.15) is 11.6 Å². The second-order valence-corrected chi connectivity index (χ2v) is 3.96. The van der Waals surface area contributed by atoms with Gasteiger partial charge in [0.05, 0.1) is 19.5 Å². The van der Waals surface area contributed by atoms with Crippen LogP contribution in [0, 0.1) is 0 Å². The first-order valence-electron chi connectivity index (χ1n) is 5.89. The van der Waals surface area contributed by atoms with Gasteiger partial charge in [-0.1, -0.05) is 30.3 Å². The summed E-state index contributed by atoms with van der Waals surface area (Å²) in [5, 5.41) is 3.12. The van der Waals surface area contributed by atoms with Gasteiger partial charge in [0.15, 0.2) is 5.82 Å². The first kappa shape index (κ1) is 13.1. The highest BCUT2D eigenvalue weighted by molar-refractivity contribution is 5.49. The highest BCUT2D eigenvalue weighted by Gasteiger charge is 2.14. The summed E-state index contributed by atoms with van der Waals surface area (Å²) in [7, 11) is 1.43. The van der Waals surface area contributed by atoms with Crippen LogP contribution in [0.2, 0.25) is 0 Å². The van der Waals surface area contributed by atoms with E-state index in [0.717, 1.165) is 5.56 Å². The van der Waals surface area contributed by atoms with E-state index >= 15 is 0 Å². The summed E-state index contributed by atoms with van der Waals surface area (Å²) in [5.74, 6) is 0.530. The molecule has 0 fully saturated rings. The number of benzene rings is 1. The van der Waals surface area contributed by atoms with Gasteiger partial charge in [-0.05, 0) is 5.56 Å². The molecule has 0 saturated heterocycles. The Morgan fingerprint density at radius 3 is 2.79 bits per heavy atom. The standard InChI is InChI=1S/C13H16N4O2/c1-19-11-12(15-8-16-13(11)18)17-10(7-14)9-5-3-2-4-6-9/h2-6,8,10H,7,14H2,1H3,(H2,15,16,17,18). The number of methoxy groups -OCH3 is 1. The van der Waals surface area contributed by atoms with Crippen LogP contribution in [0.25, 0.3) is 0 Å². The van der Waals surface area contributed by atoms with Crippen molar-refractivity contribution in [3.63, 3.8) is 0 Å². The molecule has 6 nitrogen and oxygen atoms in total. The van der Waals surface area contributed by atoms with Gasteiger partial charge in [0, 0.05) is 6.54 Å². The van der Waals surface area contributed by atoms with Crippen LogP contribution in [0.5, 0.6) is 5.75 Å². The van der Waals surface area contributed by atoms with Gasteiger partial charge >= 0.3 is 0 Å². The minimum atomic E-state index is -0.330. The van der Waals surface area contributed by atoms with E-state index in [1.807, 2.05) is 30.3 Å². The number of rotatable bonds is 5. The van der Waals surface area contributed by atoms with Gasteiger partial charge in [-0.2, -0.15) is 0 Å². The summed E-state index contributed by atoms with van der Waals surface area (Å²) >= 11 is 0. The average Bonchev–Trinajstić information content (AvgIpc) is 2.46. The van der Waals surface area contributed by atoms with Crippen molar-refractivity contribution in [3.8, 4) is 5.75 Å². The Labute approximate surface area is 110 Å². The van der Waals surface area contributed by atoms with Gasteiger partial charge in [-0.3, -0.25) is 4.79 Å². The van der Waals surface area contributed by atoms with Crippen molar-refractivity contribution < 1.29 is 4.74 Å². The maximum atomic E-state index is 11.6. The Kier molecular flexibility index (Phi) is 4.15. The lowest BCUT2D eigenvalue weighted by molar-refractivity contribution is 0.407. The molecule has 0 aliphatic carbocycles. The lowest BCUT2D eigenvalue weighted by Gasteiger charge is -2.18. The number of nitrogens with zero attached hydrogens (tertiary/aromatic N) is 1. The number of nitrogens with one attached hydrogen (secondary N) is 2. The highest BCUT2D eigenvalue weighted by atomic mass is 16.5. The first-order chi connectivity index (χ1) is 9.26. The Hall–Kier alpha value is -2.34. The maximum absolute atomic E-state index is 11.6. The van der Waals surface area contributed by atoms with Crippen molar-refractivity contribution in [1.29, 1.82) is 0 Å². The molecule has 1 unspecified atom stereocenters. The Balaban J connectivity index is 2.29. The van der Waals surface area contributed by atoms with Gasteiger partial charge < -0.3 is 20.8 Å². The SMILES string of the molecule is COc1c(NC(CN)c2ccccc2)nc[nH]c1=O. The second kappa shape index (κ2) is 6.01. The molecule has 1 atom stereocenters. The van der Waals surface area contributed by atoms with E-state index in [1.54, 1.807) is 0 Å². The molecule has 0 radical (unpaired) electrons. The Bertz CT molecular complexity index is 583. The molecule has 0 saturated carbocycles. The van der Waals surface area contributed by atoms with E-state index in [1.165, 1.54) is 13.4 Å². The van der Waals surface area contributed by atoms with E-state index in [-0.39, 0.29) is 17.4 Å². The fraction of sp³-hybridized carbons (Fsp3) is 0.231. The number of anilines is 1. The maximum Gasteiger partial charge on any atom is 0.295 e. The molecule has 1 aromatic heterocycles. The third-order valence-corrected chi connectivity index (χ3v) is 2.76. The fourth-order valence-electron chi connectivity index (χ4n) is 1.81. The van der Waals surface area contributed by atoms with Crippen molar-refractivity contribution in [2.24, 2.45) is 5.73 Å². The predicted molar refractivity (Wildman–Crippen MR) is 73.3 cm³/mol. The van der Waals surface area contributed by atoms with E-state index in [0.29, 0.717) is 12.4 Å². The molecule has 100 valence electrons. The molecule has 1 heterocycles. The summed E-state index contributed by atoms with van der Waals surface area (Å²) in [6, 6.07) is 9.59. The van der Waals surface area contributed by atoms with Crippen LogP contribution in [0.15, 0.2) is 41.5 Å². The number of nitrogens with two attached hydrogens (primary N) is 1. The van der Waals surface area contributed by atoms with E-state index in [4.69, 9.17) is 10.5 Å². The molecule has 4 N–H and O–H groups in total. The molecule has 0 aliphatic heterocycles. The van der Waals surface area contributed by atoms with Gasteiger partial charge in [-0.25, -0.2) is 4.98 Å². The summed E-state index contributed by atoms with van der Waals surface area (Å²) in [4.78, 5) is 18.1. The van der Waals surface area contributed by atoms with Crippen LogP contribution in [0.4, 0.5) is 5.82 Å². The number of hydrogen-bond donors (Lipinski definition) is 3. The van der Waals surface area contributed by atoms with E-state index in [9.17, 15) is 4.79 Å². The molecule has 6 heteroatoms.